The monoisotopic (exact) mass is 553 g/mol. The highest BCUT2D eigenvalue weighted by atomic mass is 16.5. The molecule has 7 heteroatoms. The number of para-hydroxylation sites is 1. The fraction of sp³-hybridized carbons (Fsp3) is 0.353. The molecule has 2 bridgehead atoms. The molecule has 1 saturated heterocycles. The van der Waals surface area contributed by atoms with Crippen molar-refractivity contribution in [3.8, 4) is 11.5 Å². The maximum atomic E-state index is 14.0. The Kier molecular flexibility index (Phi) is 9.04. The van der Waals surface area contributed by atoms with Gasteiger partial charge in [0.25, 0.3) is 5.91 Å². The first-order valence-electron chi connectivity index (χ1n) is 14.3. The van der Waals surface area contributed by atoms with Crippen molar-refractivity contribution in [3.63, 3.8) is 0 Å². The molecular weight excluding hydrogens is 514 g/mol. The quantitative estimate of drug-likeness (QED) is 0.404. The number of fused-ring (bicyclic) bond motifs is 2. The van der Waals surface area contributed by atoms with Crippen LogP contribution in [0.15, 0.2) is 84.4 Å². The summed E-state index contributed by atoms with van der Waals surface area (Å²) in [5.41, 5.74) is 5.14. The summed E-state index contributed by atoms with van der Waals surface area (Å²) in [6.07, 6.45) is 2.21. The number of amides is 2. The lowest BCUT2D eigenvalue weighted by molar-refractivity contribution is -0.132. The van der Waals surface area contributed by atoms with Crippen LogP contribution >= 0.6 is 0 Å². The van der Waals surface area contributed by atoms with Gasteiger partial charge in [0.15, 0.2) is 0 Å². The Morgan fingerprint density at radius 2 is 1.68 bits per heavy atom. The van der Waals surface area contributed by atoms with Gasteiger partial charge in [0, 0.05) is 51.6 Å². The average Bonchev–Trinajstić information content (AvgIpc) is 3.00. The first-order valence-corrected chi connectivity index (χ1v) is 14.3. The number of rotatable bonds is 10. The van der Waals surface area contributed by atoms with Crippen LogP contribution in [0.2, 0.25) is 0 Å². The second-order valence-corrected chi connectivity index (χ2v) is 10.8. The number of hydrogen-bond donors (Lipinski definition) is 1. The normalized spacial score (nSPS) is 18.2. The van der Waals surface area contributed by atoms with Crippen molar-refractivity contribution in [1.82, 2.24) is 15.1 Å². The summed E-state index contributed by atoms with van der Waals surface area (Å²) in [7, 11) is 3.55. The predicted octanol–water partition coefficient (Wildman–Crippen LogP) is 4.36. The lowest BCUT2D eigenvalue weighted by atomic mass is 9.83. The SMILES string of the molecule is COc1ccccc1CCOc1ccc(C2=C(C(=O)N(C)CCc3ccccc3)[C@H]3CN(C(C)=O)C[C@@H](C2)N3)cc1. The van der Waals surface area contributed by atoms with E-state index >= 15 is 0 Å². The van der Waals surface area contributed by atoms with Crippen LogP contribution in [0.5, 0.6) is 11.5 Å². The van der Waals surface area contributed by atoms with E-state index in [-0.39, 0.29) is 23.9 Å². The summed E-state index contributed by atoms with van der Waals surface area (Å²) in [6.45, 7) is 3.89. The molecular formula is C34H39N3O4. The molecule has 214 valence electrons. The Bertz CT molecular complexity index is 1390. The van der Waals surface area contributed by atoms with Gasteiger partial charge in [-0.15, -0.1) is 0 Å². The number of benzene rings is 3. The summed E-state index contributed by atoms with van der Waals surface area (Å²) in [6, 6.07) is 26.1. The van der Waals surface area contributed by atoms with Crippen molar-refractivity contribution in [1.29, 1.82) is 0 Å². The molecule has 1 fully saturated rings. The van der Waals surface area contributed by atoms with Gasteiger partial charge in [-0.2, -0.15) is 0 Å². The third-order valence-electron chi connectivity index (χ3n) is 8.04. The summed E-state index contributed by atoms with van der Waals surface area (Å²) in [5.74, 6) is 1.70. The maximum absolute atomic E-state index is 14.0. The Balaban J connectivity index is 1.34. The van der Waals surface area contributed by atoms with Crippen LogP contribution < -0.4 is 14.8 Å². The van der Waals surface area contributed by atoms with Crippen molar-refractivity contribution in [2.75, 3.05) is 40.4 Å². The molecule has 0 radical (unpaired) electrons. The number of piperazine rings is 1. The van der Waals surface area contributed by atoms with E-state index in [1.807, 2.05) is 71.4 Å². The minimum atomic E-state index is -0.204. The zero-order valence-electron chi connectivity index (χ0n) is 24.1. The Morgan fingerprint density at radius 1 is 0.951 bits per heavy atom. The molecule has 5 rings (SSSR count). The Morgan fingerprint density at radius 3 is 2.41 bits per heavy atom. The van der Waals surface area contributed by atoms with Crippen molar-refractivity contribution >= 4 is 17.4 Å². The van der Waals surface area contributed by atoms with Gasteiger partial charge in [-0.1, -0.05) is 60.7 Å². The van der Waals surface area contributed by atoms with Crippen LogP contribution in [0.25, 0.3) is 5.57 Å². The van der Waals surface area contributed by atoms with Crippen LogP contribution in [0.4, 0.5) is 0 Å². The fourth-order valence-corrected chi connectivity index (χ4v) is 5.81. The zero-order chi connectivity index (χ0) is 28.8. The van der Waals surface area contributed by atoms with Crippen molar-refractivity contribution < 1.29 is 19.1 Å². The lowest BCUT2D eigenvalue weighted by Crippen LogP contribution is -2.61. The molecule has 41 heavy (non-hydrogen) atoms. The molecule has 1 N–H and O–H groups in total. The summed E-state index contributed by atoms with van der Waals surface area (Å²) in [4.78, 5) is 29.9. The van der Waals surface area contributed by atoms with E-state index in [2.05, 4.69) is 29.6 Å². The molecule has 2 aliphatic rings. The van der Waals surface area contributed by atoms with Crippen LogP contribution in [-0.2, 0) is 22.4 Å². The highest BCUT2D eigenvalue weighted by molar-refractivity contribution is 6.03. The van der Waals surface area contributed by atoms with Crippen molar-refractivity contribution in [3.05, 3.63) is 101 Å². The number of ether oxygens (including phenoxy) is 2. The van der Waals surface area contributed by atoms with E-state index in [0.717, 1.165) is 46.6 Å². The van der Waals surface area contributed by atoms with Crippen LogP contribution in [0, 0.1) is 0 Å². The second kappa shape index (κ2) is 13.0. The fourth-order valence-electron chi connectivity index (χ4n) is 5.81. The standard InChI is InChI=1S/C34H39N3O4/c1-24(38)37-22-28-21-30(26-13-15-29(16-14-26)41-20-18-27-11-7-8-12-32(27)40-3)33(31(23-37)35-28)34(39)36(2)19-17-25-9-5-4-6-10-25/h4-16,28,31,35H,17-23H2,1-3H3/t28-,31-/m1/s1. The van der Waals surface area contributed by atoms with Gasteiger partial charge in [-0.25, -0.2) is 0 Å². The molecule has 0 spiro atoms. The first kappa shape index (κ1) is 28.4. The van der Waals surface area contributed by atoms with E-state index in [1.165, 1.54) is 5.56 Å². The Hall–Kier alpha value is -4.10. The number of methoxy groups -OCH3 is 1. The van der Waals surface area contributed by atoms with Crippen LogP contribution in [-0.4, -0.2) is 74.1 Å². The topological polar surface area (TPSA) is 71.1 Å². The number of nitrogens with one attached hydrogen (secondary N) is 1. The summed E-state index contributed by atoms with van der Waals surface area (Å²) < 4.78 is 11.5. The molecule has 2 atom stereocenters. The van der Waals surface area contributed by atoms with Crippen molar-refractivity contribution in [2.24, 2.45) is 0 Å². The third kappa shape index (κ3) is 6.80. The number of hydrogen-bond acceptors (Lipinski definition) is 5. The lowest BCUT2D eigenvalue weighted by Gasteiger charge is -2.44. The summed E-state index contributed by atoms with van der Waals surface area (Å²) in [5, 5.41) is 3.63. The van der Waals surface area contributed by atoms with Gasteiger partial charge < -0.3 is 24.6 Å². The number of nitrogens with zero attached hydrogens (tertiary/aromatic N) is 2. The van der Waals surface area contributed by atoms with Gasteiger partial charge in [0.2, 0.25) is 5.91 Å². The van der Waals surface area contributed by atoms with Gasteiger partial charge in [0.05, 0.1) is 19.8 Å². The second-order valence-electron chi connectivity index (χ2n) is 10.8. The van der Waals surface area contributed by atoms with E-state index in [4.69, 9.17) is 9.47 Å². The first-order chi connectivity index (χ1) is 19.9. The summed E-state index contributed by atoms with van der Waals surface area (Å²) >= 11 is 0. The predicted molar refractivity (Wildman–Crippen MR) is 161 cm³/mol. The highest BCUT2D eigenvalue weighted by Crippen LogP contribution is 2.34. The van der Waals surface area contributed by atoms with Gasteiger partial charge >= 0.3 is 0 Å². The minimum absolute atomic E-state index is 0.00872. The molecule has 7 nitrogen and oxygen atoms in total. The largest absolute Gasteiger partial charge is 0.496 e. The van der Waals surface area contributed by atoms with Crippen LogP contribution in [0.3, 0.4) is 0 Å². The molecule has 2 heterocycles. The molecule has 3 aromatic carbocycles. The smallest absolute Gasteiger partial charge is 0.251 e. The average molecular weight is 554 g/mol. The molecule has 0 unspecified atom stereocenters. The zero-order valence-corrected chi connectivity index (χ0v) is 24.1. The molecule has 2 aliphatic heterocycles. The van der Waals surface area contributed by atoms with E-state index in [9.17, 15) is 9.59 Å². The molecule has 3 aromatic rings. The molecule has 0 aromatic heterocycles. The number of likely N-dealkylation sites (N-methyl/N-ethyl adjacent to an activating group) is 1. The van der Waals surface area contributed by atoms with E-state index < -0.39 is 0 Å². The molecule has 2 amide bonds. The number of carbonyl (C=O) groups excluding carboxylic acids is 2. The highest BCUT2D eigenvalue weighted by Gasteiger charge is 2.39. The van der Waals surface area contributed by atoms with E-state index in [0.29, 0.717) is 32.7 Å². The van der Waals surface area contributed by atoms with Gasteiger partial charge in [0.1, 0.15) is 11.5 Å². The van der Waals surface area contributed by atoms with Crippen molar-refractivity contribution in [2.45, 2.75) is 38.3 Å². The minimum Gasteiger partial charge on any atom is -0.496 e. The van der Waals surface area contributed by atoms with Gasteiger partial charge in [-0.05, 0) is 53.3 Å². The number of carbonyl (C=O) groups is 2. The molecule has 0 aliphatic carbocycles. The van der Waals surface area contributed by atoms with E-state index in [1.54, 1.807) is 14.0 Å². The van der Waals surface area contributed by atoms with Crippen LogP contribution in [0.1, 0.15) is 30.0 Å². The Labute approximate surface area is 242 Å². The third-order valence-corrected chi connectivity index (χ3v) is 8.04. The van der Waals surface area contributed by atoms with Gasteiger partial charge in [-0.3, -0.25) is 9.59 Å². The maximum Gasteiger partial charge on any atom is 0.251 e. The molecule has 0 saturated carbocycles.